The number of Topliss-reactive ketones (excluding diaryl/α,β-unsaturated/α-hetero) is 1. The second kappa shape index (κ2) is 9.65. The zero-order valence-electron chi connectivity index (χ0n) is 19.5. The molecule has 8 nitrogen and oxygen atoms in total. The highest BCUT2D eigenvalue weighted by atomic mass is 32.1. The molecule has 4 aromatic rings. The summed E-state index contributed by atoms with van der Waals surface area (Å²) in [4.78, 5) is 44.6. The van der Waals surface area contributed by atoms with E-state index < -0.39 is 11.6 Å². The molecule has 11 heteroatoms. The molecule has 1 aliphatic heterocycles. The van der Waals surface area contributed by atoms with Gasteiger partial charge in [-0.3, -0.25) is 14.6 Å². The summed E-state index contributed by atoms with van der Waals surface area (Å²) in [6.07, 6.45) is 2.83. The summed E-state index contributed by atoms with van der Waals surface area (Å²) in [5, 5.41) is 3.84. The molecule has 5 rings (SSSR count). The molecule has 0 radical (unpaired) electrons. The van der Waals surface area contributed by atoms with Crippen LogP contribution < -0.4 is 5.32 Å². The van der Waals surface area contributed by atoms with Crippen molar-refractivity contribution in [2.75, 3.05) is 18.4 Å². The average Bonchev–Trinajstić information content (AvgIpc) is 3.20. The molecule has 4 heterocycles. The molecule has 36 heavy (non-hydrogen) atoms. The zero-order valence-corrected chi connectivity index (χ0v) is 20.4. The predicted molar refractivity (Wildman–Crippen MR) is 131 cm³/mol. The van der Waals surface area contributed by atoms with Gasteiger partial charge in [-0.05, 0) is 37.6 Å². The molecule has 1 aromatic carbocycles. The molecular weight excluding hydrogens is 486 g/mol. The molecule has 1 amide bonds. The van der Waals surface area contributed by atoms with E-state index in [4.69, 9.17) is 0 Å². The quantitative estimate of drug-likeness (QED) is 0.365. The lowest BCUT2D eigenvalue weighted by molar-refractivity contribution is 0.0465. The lowest BCUT2D eigenvalue weighted by atomic mass is 9.91. The largest absolute Gasteiger partial charge is 0.348 e. The fourth-order valence-electron chi connectivity index (χ4n) is 4.15. The van der Waals surface area contributed by atoms with Crippen LogP contribution in [0.3, 0.4) is 0 Å². The number of fused-ring (bicyclic) bond motifs is 1. The van der Waals surface area contributed by atoms with Gasteiger partial charge in [0.25, 0.3) is 5.91 Å². The van der Waals surface area contributed by atoms with Crippen molar-refractivity contribution in [3.8, 4) is 0 Å². The number of thiazole rings is 1. The fourth-order valence-corrected chi connectivity index (χ4v) is 4.99. The standard InChI is InChI=1S/C25H22F2N6O2S/c1-13(16-8-17(26)10-28-9-16)29-25-31-21(22-23(32-25)30-14(2)36-22)24(35)33-11-15(12-33)7-20(34)18-5-3-4-6-19(18)27/h3-6,8-10,13,15H,7,11-12H2,1-2H3,(H,29,31,32)/t13-/m0/s1. The normalized spacial score (nSPS) is 14.5. The molecule has 1 aliphatic rings. The molecule has 0 unspecified atom stereocenters. The van der Waals surface area contributed by atoms with Crippen molar-refractivity contribution in [3.63, 3.8) is 0 Å². The Hall–Kier alpha value is -3.86. The van der Waals surface area contributed by atoms with E-state index in [1.165, 1.54) is 29.5 Å². The van der Waals surface area contributed by atoms with E-state index in [0.29, 0.717) is 29.0 Å². The summed E-state index contributed by atoms with van der Waals surface area (Å²) in [7, 11) is 0. The number of ketones is 1. The number of likely N-dealkylation sites (tertiary alicyclic amines) is 1. The number of pyridine rings is 1. The van der Waals surface area contributed by atoms with Crippen LogP contribution in [-0.4, -0.2) is 49.6 Å². The minimum absolute atomic E-state index is 0.0559. The van der Waals surface area contributed by atoms with Gasteiger partial charge in [0, 0.05) is 31.6 Å². The number of nitrogens with zero attached hydrogens (tertiary/aromatic N) is 5. The molecule has 3 aromatic heterocycles. The number of amides is 1. The first-order chi connectivity index (χ1) is 17.3. The molecule has 1 atom stereocenters. The van der Waals surface area contributed by atoms with Crippen LogP contribution in [0.5, 0.6) is 0 Å². The van der Waals surface area contributed by atoms with Crippen LogP contribution in [0, 0.1) is 24.5 Å². The van der Waals surface area contributed by atoms with E-state index in [9.17, 15) is 18.4 Å². The Labute approximate surface area is 209 Å². The Morgan fingerprint density at radius 2 is 1.94 bits per heavy atom. The first-order valence-corrected chi connectivity index (χ1v) is 12.2. The smallest absolute Gasteiger partial charge is 0.274 e. The van der Waals surface area contributed by atoms with Gasteiger partial charge in [-0.15, -0.1) is 11.3 Å². The second-order valence-corrected chi connectivity index (χ2v) is 9.97. The third-order valence-electron chi connectivity index (χ3n) is 6.03. The van der Waals surface area contributed by atoms with E-state index in [1.807, 2.05) is 13.8 Å². The fraction of sp³-hybridized carbons (Fsp3) is 0.280. The van der Waals surface area contributed by atoms with Crippen LogP contribution in [0.15, 0.2) is 42.7 Å². The highest BCUT2D eigenvalue weighted by molar-refractivity contribution is 7.18. The Kier molecular flexibility index (Phi) is 6.40. The number of benzene rings is 1. The maximum absolute atomic E-state index is 13.9. The predicted octanol–water partition coefficient (Wildman–Crippen LogP) is 4.59. The van der Waals surface area contributed by atoms with Crippen molar-refractivity contribution < 1.29 is 18.4 Å². The summed E-state index contributed by atoms with van der Waals surface area (Å²) in [5.41, 5.74) is 1.29. The number of aromatic nitrogens is 4. The van der Waals surface area contributed by atoms with Crippen LogP contribution >= 0.6 is 11.3 Å². The number of nitrogens with one attached hydrogen (secondary N) is 1. The summed E-state index contributed by atoms with van der Waals surface area (Å²) in [6, 6.07) is 6.90. The van der Waals surface area contributed by atoms with Crippen LogP contribution in [0.25, 0.3) is 10.3 Å². The number of rotatable bonds is 7. The van der Waals surface area contributed by atoms with Crippen molar-refractivity contribution in [2.45, 2.75) is 26.3 Å². The van der Waals surface area contributed by atoms with Gasteiger partial charge in [0.15, 0.2) is 17.1 Å². The molecule has 184 valence electrons. The molecular formula is C25H22F2N6O2S. The Bertz CT molecular complexity index is 1470. The number of aryl methyl sites for hydroxylation is 1. The zero-order chi connectivity index (χ0) is 25.4. The van der Waals surface area contributed by atoms with Crippen molar-refractivity contribution in [3.05, 3.63) is 76.2 Å². The minimum Gasteiger partial charge on any atom is -0.348 e. The van der Waals surface area contributed by atoms with Crippen molar-refractivity contribution in [1.82, 2.24) is 24.8 Å². The van der Waals surface area contributed by atoms with Crippen LogP contribution in [0.4, 0.5) is 14.7 Å². The monoisotopic (exact) mass is 508 g/mol. The molecule has 1 N–H and O–H groups in total. The number of carbonyl (C=O) groups is 2. The highest BCUT2D eigenvalue weighted by Gasteiger charge is 2.35. The number of halogens is 2. The van der Waals surface area contributed by atoms with E-state index in [1.54, 1.807) is 23.2 Å². The summed E-state index contributed by atoms with van der Waals surface area (Å²) in [6.45, 7) is 4.38. The molecule has 0 spiro atoms. The third-order valence-corrected chi connectivity index (χ3v) is 6.99. The van der Waals surface area contributed by atoms with Gasteiger partial charge in [-0.1, -0.05) is 12.1 Å². The first kappa shape index (κ1) is 23.9. The SMILES string of the molecule is Cc1nc2nc(N[C@@H](C)c3cncc(F)c3)nc(C(=O)N3CC(CC(=O)c4ccccc4F)C3)c2s1. The van der Waals surface area contributed by atoms with Crippen LogP contribution in [-0.2, 0) is 0 Å². The lowest BCUT2D eigenvalue weighted by Crippen LogP contribution is -2.50. The summed E-state index contributed by atoms with van der Waals surface area (Å²) < 4.78 is 28.1. The Balaban J connectivity index is 1.32. The third kappa shape index (κ3) is 4.78. The summed E-state index contributed by atoms with van der Waals surface area (Å²) >= 11 is 1.33. The lowest BCUT2D eigenvalue weighted by Gasteiger charge is -2.38. The van der Waals surface area contributed by atoms with Gasteiger partial charge in [-0.2, -0.15) is 4.98 Å². The van der Waals surface area contributed by atoms with Gasteiger partial charge >= 0.3 is 0 Å². The Morgan fingerprint density at radius 3 is 2.69 bits per heavy atom. The van der Waals surface area contributed by atoms with Gasteiger partial charge in [0.2, 0.25) is 5.95 Å². The van der Waals surface area contributed by atoms with Crippen molar-refractivity contribution in [2.24, 2.45) is 5.92 Å². The van der Waals surface area contributed by atoms with Gasteiger partial charge in [0.1, 0.15) is 16.3 Å². The number of hydrogen-bond donors (Lipinski definition) is 1. The molecule has 1 fully saturated rings. The Morgan fingerprint density at radius 1 is 1.17 bits per heavy atom. The number of hydrogen-bond acceptors (Lipinski definition) is 8. The van der Waals surface area contributed by atoms with Crippen LogP contribution in [0.1, 0.15) is 50.8 Å². The van der Waals surface area contributed by atoms with Crippen molar-refractivity contribution in [1.29, 1.82) is 0 Å². The number of carbonyl (C=O) groups excluding carboxylic acids is 2. The number of anilines is 1. The van der Waals surface area contributed by atoms with Gasteiger partial charge in [0.05, 0.1) is 22.8 Å². The second-order valence-electron chi connectivity index (χ2n) is 8.77. The maximum atomic E-state index is 13.9. The minimum atomic E-state index is -0.540. The maximum Gasteiger partial charge on any atom is 0.274 e. The van der Waals surface area contributed by atoms with Crippen molar-refractivity contribution >= 4 is 39.3 Å². The van der Waals surface area contributed by atoms with E-state index in [-0.39, 0.29) is 47.3 Å². The average molecular weight is 509 g/mol. The van der Waals surface area contributed by atoms with E-state index >= 15 is 0 Å². The van der Waals surface area contributed by atoms with Gasteiger partial charge in [-0.25, -0.2) is 18.7 Å². The molecule has 0 aliphatic carbocycles. The molecule has 0 saturated carbocycles. The molecule has 1 saturated heterocycles. The van der Waals surface area contributed by atoms with Crippen LogP contribution in [0.2, 0.25) is 0 Å². The molecule has 0 bridgehead atoms. The summed E-state index contributed by atoms with van der Waals surface area (Å²) in [5.74, 6) is -1.42. The first-order valence-electron chi connectivity index (χ1n) is 11.4. The van der Waals surface area contributed by atoms with E-state index in [2.05, 4.69) is 25.3 Å². The highest BCUT2D eigenvalue weighted by Crippen LogP contribution is 2.30. The van der Waals surface area contributed by atoms with Gasteiger partial charge < -0.3 is 10.2 Å². The topological polar surface area (TPSA) is 101 Å². The van der Waals surface area contributed by atoms with E-state index in [0.717, 1.165) is 11.2 Å².